The Morgan fingerprint density at radius 1 is 1.62 bits per heavy atom. The van der Waals surface area contributed by atoms with E-state index in [1.165, 1.54) is 19.3 Å². The molecule has 0 spiro atoms. The van der Waals surface area contributed by atoms with Crippen LogP contribution in [0.4, 0.5) is 0 Å². The minimum absolute atomic E-state index is 0.416. The Morgan fingerprint density at radius 2 is 2.23 bits per heavy atom. The van der Waals surface area contributed by atoms with E-state index in [1.54, 1.807) is 0 Å². The maximum absolute atomic E-state index is 10.7. The number of hydrogen-bond donors (Lipinski definition) is 2. The van der Waals surface area contributed by atoms with Gasteiger partial charge in [-0.2, -0.15) is 0 Å². The van der Waals surface area contributed by atoms with Gasteiger partial charge in [0, 0.05) is 13.1 Å². The molecule has 13 heavy (non-hydrogen) atoms. The monoisotopic (exact) mass is 185 g/mol. The van der Waals surface area contributed by atoms with Crippen LogP contribution in [0.1, 0.15) is 19.3 Å². The Kier molecular flexibility index (Phi) is 3.69. The van der Waals surface area contributed by atoms with E-state index in [2.05, 4.69) is 4.90 Å². The fourth-order valence-corrected chi connectivity index (χ4v) is 1.62. The lowest BCUT2D eigenvalue weighted by molar-refractivity contribution is -0.119. The van der Waals surface area contributed by atoms with Crippen molar-refractivity contribution < 1.29 is 4.79 Å². The van der Waals surface area contributed by atoms with Gasteiger partial charge in [0.2, 0.25) is 5.91 Å². The second kappa shape index (κ2) is 4.58. The maximum atomic E-state index is 10.7. The van der Waals surface area contributed by atoms with Crippen molar-refractivity contribution in [2.75, 3.05) is 20.1 Å². The fraction of sp³-hybridized carbons (Fsp3) is 0.889. The third kappa shape index (κ3) is 3.32. The Labute approximate surface area is 79.3 Å². The fourth-order valence-electron chi connectivity index (χ4n) is 1.62. The van der Waals surface area contributed by atoms with Crippen LogP contribution in [0.25, 0.3) is 0 Å². The molecule has 1 aliphatic rings. The lowest BCUT2D eigenvalue weighted by Crippen LogP contribution is -2.46. The first kappa shape index (κ1) is 10.5. The molecule has 1 amide bonds. The van der Waals surface area contributed by atoms with Crippen LogP contribution in [0.2, 0.25) is 0 Å². The van der Waals surface area contributed by atoms with Crippen molar-refractivity contribution in [1.82, 2.24) is 4.90 Å². The average Bonchev–Trinajstić information content (AvgIpc) is 1.96. The number of rotatable bonds is 5. The molecule has 1 atom stereocenters. The van der Waals surface area contributed by atoms with E-state index in [0.717, 1.165) is 12.5 Å². The number of hydrogen-bond acceptors (Lipinski definition) is 3. The van der Waals surface area contributed by atoms with Gasteiger partial charge in [-0.05, 0) is 25.8 Å². The van der Waals surface area contributed by atoms with Gasteiger partial charge < -0.3 is 16.4 Å². The molecule has 1 unspecified atom stereocenters. The van der Waals surface area contributed by atoms with Gasteiger partial charge in [-0.25, -0.2) is 0 Å². The summed E-state index contributed by atoms with van der Waals surface area (Å²) in [5, 5.41) is 0. The zero-order valence-corrected chi connectivity index (χ0v) is 8.20. The Morgan fingerprint density at radius 3 is 2.62 bits per heavy atom. The van der Waals surface area contributed by atoms with Crippen molar-refractivity contribution in [1.29, 1.82) is 0 Å². The second-order valence-electron chi connectivity index (χ2n) is 4.03. The first-order valence-electron chi connectivity index (χ1n) is 4.83. The molecule has 1 rings (SSSR count). The van der Waals surface area contributed by atoms with Crippen molar-refractivity contribution in [3.63, 3.8) is 0 Å². The van der Waals surface area contributed by atoms with Crippen molar-refractivity contribution in [2.24, 2.45) is 17.4 Å². The zero-order valence-electron chi connectivity index (χ0n) is 8.20. The van der Waals surface area contributed by atoms with Crippen LogP contribution in [0.15, 0.2) is 0 Å². The molecule has 4 N–H and O–H groups in total. The highest BCUT2D eigenvalue weighted by Crippen LogP contribution is 2.26. The number of carbonyl (C=O) groups is 1. The summed E-state index contributed by atoms with van der Waals surface area (Å²) in [5.74, 6) is 0.394. The topological polar surface area (TPSA) is 72.3 Å². The molecule has 1 fully saturated rings. The van der Waals surface area contributed by atoms with Gasteiger partial charge in [0.25, 0.3) is 0 Å². The van der Waals surface area contributed by atoms with Crippen molar-refractivity contribution in [2.45, 2.75) is 25.3 Å². The van der Waals surface area contributed by atoms with Gasteiger partial charge in [-0.3, -0.25) is 4.79 Å². The summed E-state index contributed by atoms with van der Waals surface area (Å²) in [4.78, 5) is 12.8. The number of nitrogens with zero attached hydrogens (tertiary/aromatic N) is 1. The van der Waals surface area contributed by atoms with Crippen LogP contribution in [0, 0.1) is 5.92 Å². The summed E-state index contributed by atoms with van der Waals surface area (Å²) in [6.07, 6.45) is 3.98. The van der Waals surface area contributed by atoms with Crippen LogP contribution in [0.3, 0.4) is 0 Å². The highest BCUT2D eigenvalue weighted by atomic mass is 16.1. The van der Waals surface area contributed by atoms with Gasteiger partial charge in [0.15, 0.2) is 0 Å². The molecule has 4 heteroatoms. The Hall–Kier alpha value is -0.610. The van der Waals surface area contributed by atoms with Gasteiger partial charge in [0.05, 0.1) is 6.04 Å². The molecule has 76 valence electrons. The zero-order chi connectivity index (χ0) is 9.84. The Bertz CT molecular complexity index is 180. The van der Waals surface area contributed by atoms with Crippen molar-refractivity contribution in [3.05, 3.63) is 0 Å². The van der Waals surface area contributed by atoms with E-state index in [9.17, 15) is 4.79 Å². The van der Waals surface area contributed by atoms with Crippen LogP contribution in [0.5, 0.6) is 0 Å². The lowest BCUT2D eigenvalue weighted by atomic mass is 9.85. The van der Waals surface area contributed by atoms with Gasteiger partial charge in [0.1, 0.15) is 0 Å². The first-order valence-corrected chi connectivity index (χ1v) is 4.83. The van der Waals surface area contributed by atoms with E-state index >= 15 is 0 Å². The predicted octanol–water partition coefficient (Wildman–Crippen LogP) is -0.469. The smallest absolute Gasteiger partial charge is 0.235 e. The minimum atomic E-state index is -0.523. The van der Waals surface area contributed by atoms with Crippen molar-refractivity contribution in [3.8, 4) is 0 Å². The molecule has 0 bridgehead atoms. The van der Waals surface area contributed by atoms with Gasteiger partial charge in [-0.15, -0.1) is 0 Å². The van der Waals surface area contributed by atoms with Gasteiger partial charge >= 0.3 is 0 Å². The molecule has 0 aromatic rings. The molecule has 0 saturated heterocycles. The molecular weight excluding hydrogens is 166 g/mol. The number of carbonyl (C=O) groups excluding carboxylic acids is 1. The average molecular weight is 185 g/mol. The minimum Gasteiger partial charge on any atom is -0.368 e. The van der Waals surface area contributed by atoms with Crippen LogP contribution in [-0.2, 0) is 4.79 Å². The molecular formula is C9H19N3O. The normalized spacial score (nSPS) is 19.9. The Balaban J connectivity index is 2.15. The standard InChI is InChI=1S/C9H19N3O/c1-12(5-7-3-2-4-7)6-8(10)9(11)13/h7-8H,2-6,10H2,1H3,(H2,11,13). The molecule has 1 aliphatic carbocycles. The summed E-state index contributed by atoms with van der Waals surface area (Å²) in [6.45, 7) is 1.62. The number of nitrogens with two attached hydrogens (primary N) is 2. The first-order chi connectivity index (χ1) is 6.09. The summed E-state index contributed by atoms with van der Waals surface area (Å²) < 4.78 is 0. The molecule has 0 aliphatic heterocycles. The van der Waals surface area contributed by atoms with Crippen LogP contribution < -0.4 is 11.5 Å². The molecule has 0 aromatic carbocycles. The molecule has 0 aromatic heterocycles. The SMILES string of the molecule is CN(CC1CCC1)CC(N)C(N)=O. The quantitative estimate of drug-likeness (QED) is 0.608. The molecule has 4 nitrogen and oxygen atoms in total. The van der Waals surface area contributed by atoms with Crippen LogP contribution >= 0.6 is 0 Å². The summed E-state index contributed by atoms with van der Waals surface area (Å²) in [6, 6.07) is -0.523. The second-order valence-corrected chi connectivity index (χ2v) is 4.03. The molecule has 0 heterocycles. The summed E-state index contributed by atoms with van der Waals surface area (Å²) in [5.41, 5.74) is 10.6. The van der Waals surface area contributed by atoms with Gasteiger partial charge in [-0.1, -0.05) is 6.42 Å². The lowest BCUT2D eigenvalue weighted by Gasteiger charge is -2.30. The van der Waals surface area contributed by atoms with Crippen molar-refractivity contribution >= 4 is 5.91 Å². The molecule has 0 radical (unpaired) electrons. The third-order valence-electron chi connectivity index (χ3n) is 2.67. The molecule has 1 saturated carbocycles. The number of likely N-dealkylation sites (N-methyl/N-ethyl adjacent to an activating group) is 1. The number of primary amides is 1. The van der Waals surface area contributed by atoms with E-state index < -0.39 is 11.9 Å². The predicted molar refractivity (Wildman–Crippen MR) is 52.0 cm³/mol. The summed E-state index contributed by atoms with van der Waals surface area (Å²) in [7, 11) is 1.99. The van der Waals surface area contributed by atoms with E-state index in [-0.39, 0.29) is 0 Å². The van der Waals surface area contributed by atoms with E-state index in [4.69, 9.17) is 11.5 Å². The van der Waals surface area contributed by atoms with Crippen LogP contribution in [-0.4, -0.2) is 37.0 Å². The third-order valence-corrected chi connectivity index (χ3v) is 2.67. The largest absolute Gasteiger partial charge is 0.368 e. The highest BCUT2D eigenvalue weighted by Gasteiger charge is 2.20. The number of amides is 1. The van der Waals surface area contributed by atoms with E-state index in [1.807, 2.05) is 7.05 Å². The van der Waals surface area contributed by atoms with E-state index in [0.29, 0.717) is 6.54 Å². The maximum Gasteiger partial charge on any atom is 0.235 e. The highest BCUT2D eigenvalue weighted by molar-refractivity contribution is 5.79. The summed E-state index contributed by atoms with van der Waals surface area (Å²) >= 11 is 0.